The number of benzene rings is 2. The van der Waals surface area contributed by atoms with E-state index in [9.17, 15) is 5.11 Å². The van der Waals surface area contributed by atoms with Gasteiger partial charge < -0.3 is 5.11 Å². The van der Waals surface area contributed by atoms with Crippen LogP contribution < -0.4 is 0 Å². The Morgan fingerprint density at radius 2 is 1.81 bits per heavy atom. The molecule has 3 rings (SSSR count). The molecule has 0 saturated heterocycles. The Hall–Kier alpha value is -1.32. The van der Waals surface area contributed by atoms with Crippen LogP contribution in [-0.4, -0.2) is 5.11 Å². The van der Waals surface area contributed by atoms with Gasteiger partial charge >= 0.3 is 0 Å². The lowest BCUT2D eigenvalue weighted by atomic mass is 9.82. The number of phenolic OH excluding ortho intramolecular Hbond substituents is 1. The average Bonchev–Trinajstić information content (AvgIpc) is 2.87. The molecule has 1 N–H and O–H groups in total. The van der Waals surface area contributed by atoms with Gasteiger partial charge in [-0.25, -0.2) is 0 Å². The van der Waals surface area contributed by atoms with Gasteiger partial charge in [0, 0.05) is 25.0 Å². The van der Waals surface area contributed by atoms with Crippen LogP contribution in [0.2, 0.25) is 0 Å². The predicted molar refractivity (Wildman–Crippen MR) is 94.5 cm³/mol. The second-order valence-corrected chi connectivity index (χ2v) is 7.83. The fourth-order valence-electron chi connectivity index (χ4n) is 2.59. The fraction of sp³-hybridized carbons (Fsp3) is 0.222. The zero-order chi connectivity index (χ0) is 15.2. The Morgan fingerprint density at radius 1 is 1.10 bits per heavy atom. The third kappa shape index (κ3) is 2.49. The van der Waals surface area contributed by atoms with Crippen LogP contribution in [0.25, 0.3) is 10.1 Å². The summed E-state index contributed by atoms with van der Waals surface area (Å²) in [6.07, 6.45) is 0. The van der Waals surface area contributed by atoms with Crippen LogP contribution in [0.5, 0.6) is 5.75 Å². The van der Waals surface area contributed by atoms with E-state index in [1.165, 1.54) is 15.0 Å². The van der Waals surface area contributed by atoms with E-state index in [0.717, 1.165) is 15.6 Å². The Balaban J connectivity index is 2.17. The van der Waals surface area contributed by atoms with Crippen molar-refractivity contribution in [2.45, 2.75) is 26.2 Å². The second kappa shape index (κ2) is 5.15. The molecule has 0 aliphatic carbocycles. The van der Waals surface area contributed by atoms with Crippen molar-refractivity contribution >= 4 is 37.4 Å². The van der Waals surface area contributed by atoms with Crippen molar-refractivity contribution in [3.63, 3.8) is 0 Å². The zero-order valence-electron chi connectivity index (χ0n) is 12.3. The number of halogens is 1. The molecule has 0 atom stereocenters. The van der Waals surface area contributed by atoms with Gasteiger partial charge in [-0.1, -0.05) is 48.0 Å². The number of thiophene rings is 1. The molecule has 21 heavy (non-hydrogen) atoms. The number of hydrogen-bond donors (Lipinski definition) is 1. The number of hydrogen-bond acceptors (Lipinski definition) is 2. The maximum Gasteiger partial charge on any atom is 0.120 e. The fourth-order valence-corrected chi connectivity index (χ4v) is 4.11. The van der Waals surface area contributed by atoms with E-state index in [2.05, 4.69) is 60.1 Å². The van der Waals surface area contributed by atoms with Gasteiger partial charge in [0.1, 0.15) is 5.75 Å². The van der Waals surface area contributed by atoms with Gasteiger partial charge in [0.2, 0.25) is 0 Å². The molecule has 108 valence electrons. The minimum Gasteiger partial charge on any atom is -0.508 e. The Kier molecular flexibility index (Phi) is 3.58. The summed E-state index contributed by atoms with van der Waals surface area (Å²) in [4.78, 5) is 1.26. The van der Waals surface area contributed by atoms with Crippen LogP contribution in [0.3, 0.4) is 0 Å². The number of rotatable bonds is 2. The molecule has 2 aromatic carbocycles. The Labute approximate surface area is 137 Å². The van der Waals surface area contributed by atoms with E-state index in [1.807, 2.05) is 19.1 Å². The first-order chi connectivity index (χ1) is 9.89. The summed E-state index contributed by atoms with van der Waals surface area (Å²) in [5, 5.41) is 11.6. The van der Waals surface area contributed by atoms with Gasteiger partial charge in [0.15, 0.2) is 0 Å². The molecule has 0 bridgehead atoms. The lowest BCUT2D eigenvalue weighted by molar-refractivity contribution is 0.453. The molecule has 3 heteroatoms. The SMILES string of the molecule is Cc1cc(O)c(C(C)(C)c2cc3ccccc3s2)cc1Br. The van der Waals surface area contributed by atoms with Gasteiger partial charge in [-0.2, -0.15) is 0 Å². The maximum absolute atomic E-state index is 10.4. The topological polar surface area (TPSA) is 20.2 Å². The minimum atomic E-state index is -0.232. The normalized spacial score (nSPS) is 12.0. The van der Waals surface area contributed by atoms with E-state index < -0.39 is 0 Å². The highest BCUT2D eigenvalue weighted by Gasteiger charge is 2.28. The zero-order valence-corrected chi connectivity index (χ0v) is 14.7. The molecule has 0 saturated carbocycles. The van der Waals surface area contributed by atoms with Crippen molar-refractivity contribution in [1.82, 2.24) is 0 Å². The van der Waals surface area contributed by atoms with Crippen molar-refractivity contribution in [2.75, 3.05) is 0 Å². The highest BCUT2D eigenvalue weighted by Crippen LogP contribution is 2.43. The van der Waals surface area contributed by atoms with Crippen molar-refractivity contribution < 1.29 is 5.11 Å². The van der Waals surface area contributed by atoms with Crippen LogP contribution in [-0.2, 0) is 5.41 Å². The van der Waals surface area contributed by atoms with E-state index in [4.69, 9.17) is 0 Å². The molecule has 0 radical (unpaired) electrons. The number of fused-ring (bicyclic) bond motifs is 1. The van der Waals surface area contributed by atoms with Crippen LogP contribution in [0.4, 0.5) is 0 Å². The van der Waals surface area contributed by atoms with Crippen LogP contribution >= 0.6 is 27.3 Å². The summed E-state index contributed by atoms with van der Waals surface area (Å²) in [7, 11) is 0. The molecule has 0 amide bonds. The average molecular weight is 361 g/mol. The molecule has 0 unspecified atom stereocenters. The molecule has 1 heterocycles. The largest absolute Gasteiger partial charge is 0.508 e. The summed E-state index contributed by atoms with van der Waals surface area (Å²) < 4.78 is 2.32. The van der Waals surface area contributed by atoms with E-state index in [0.29, 0.717) is 5.75 Å². The standard InChI is InChI=1S/C18H17BrOS/c1-11-8-15(20)13(10-14(11)19)18(2,3)17-9-12-6-4-5-7-16(12)21-17/h4-10,20H,1-3H3. The highest BCUT2D eigenvalue weighted by atomic mass is 79.9. The first kappa shape index (κ1) is 14.6. The summed E-state index contributed by atoms with van der Waals surface area (Å²) in [6, 6.07) is 14.5. The van der Waals surface area contributed by atoms with Crippen LogP contribution in [0, 0.1) is 6.92 Å². The van der Waals surface area contributed by atoms with Crippen molar-refractivity contribution in [3.8, 4) is 5.75 Å². The van der Waals surface area contributed by atoms with Gasteiger partial charge in [-0.05, 0) is 42.1 Å². The molecule has 0 aliphatic heterocycles. The first-order valence-electron chi connectivity index (χ1n) is 6.88. The molecule has 0 aliphatic rings. The van der Waals surface area contributed by atoms with E-state index in [-0.39, 0.29) is 5.41 Å². The second-order valence-electron chi connectivity index (χ2n) is 5.89. The molecular formula is C18H17BrOS. The third-order valence-corrected chi connectivity index (χ3v) is 6.29. The van der Waals surface area contributed by atoms with Crippen LogP contribution in [0.15, 0.2) is 46.9 Å². The molecule has 1 nitrogen and oxygen atoms in total. The quantitative estimate of drug-likeness (QED) is 0.593. The predicted octanol–water partition coefficient (Wildman–Crippen LogP) is 6.00. The van der Waals surface area contributed by atoms with E-state index >= 15 is 0 Å². The Morgan fingerprint density at radius 3 is 2.52 bits per heavy atom. The Bertz CT molecular complexity index is 784. The van der Waals surface area contributed by atoms with Gasteiger partial charge in [-0.3, -0.25) is 0 Å². The number of phenols is 1. The number of aryl methyl sites for hydroxylation is 1. The van der Waals surface area contributed by atoms with Crippen LogP contribution in [0.1, 0.15) is 29.9 Å². The monoisotopic (exact) mass is 360 g/mol. The highest BCUT2D eigenvalue weighted by molar-refractivity contribution is 9.10. The molecule has 0 spiro atoms. The van der Waals surface area contributed by atoms with Gasteiger partial charge in [-0.15, -0.1) is 11.3 Å². The molecule has 0 fully saturated rings. The first-order valence-corrected chi connectivity index (χ1v) is 8.49. The molecular weight excluding hydrogens is 344 g/mol. The third-order valence-electron chi connectivity index (χ3n) is 3.99. The molecule has 1 aromatic heterocycles. The molecule has 3 aromatic rings. The summed E-state index contributed by atoms with van der Waals surface area (Å²) >= 11 is 5.36. The summed E-state index contributed by atoms with van der Waals surface area (Å²) in [5.41, 5.74) is 1.76. The van der Waals surface area contributed by atoms with Gasteiger partial charge in [0.25, 0.3) is 0 Å². The summed E-state index contributed by atoms with van der Waals surface area (Å²) in [5.74, 6) is 0.359. The maximum atomic E-state index is 10.4. The van der Waals surface area contributed by atoms with Gasteiger partial charge in [0.05, 0.1) is 0 Å². The van der Waals surface area contributed by atoms with Crippen molar-refractivity contribution in [1.29, 1.82) is 0 Å². The lowest BCUT2D eigenvalue weighted by Crippen LogP contribution is -2.17. The van der Waals surface area contributed by atoms with E-state index in [1.54, 1.807) is 11.3 Å². The lowest BCUT2D eigenvalue weighted by Gasteiger charge is -2.25. The van der Waals surface area contributed by atoms with Crippen molar-refractivity contribution in [3.05, 3.63) is 62.9 Å². The number of aromatic hydroxyl groups is 1. The van der Waals surface area contributed by atoms with Crippen molar-refractivity contribution in [2.24, 2.45) is 0 Å². The minimum absolute atomic E-state index is 0.232. The smallest absolute Gasteiger partial charge is 0.120 e. The summed E-state index contributed by atoms with van der Waals surface area (Å²) in [6.45, 7) is 6.31.